The fourth-order valence-corrected chi connectivity index (χ4v) is 2.18. The molecular weight excluding hydrogens is 294 g/mol. The number of hydrogen-bond acceptors (Lipinski definition) is 4. The highest BCUT2D eigenvalue weighted by atomic mass is 16.5. The van der Waals surface area contributed by atoms with E-state index in [1.807, 2.05) is 20.8 Å². The molecule has 0 unspecified atom stereocenters. The van der Waals surface area contributed by atoms with Gasteiger partial charge in [0.05, 0.1) is 19.1 Å². The second-order valence-corrected chi connectivity index (χ2v) is 5.54. The monoisotopic (exact) mass is 321 g/mol. The minimum Gasteiger partial charge on any atom is -0.491 e. The van der Waals surface area contributed by atoms with E-state index in [0.717, 1.165) is 12.2 Å². The highest BCUT2D eigenvalue weighted by molar-refractivity contribution is 5.94. The maximum atomic E-state index is 12.6. The van der Waals surface area contributed by atoms with E-state index >= 15 is 0 Å². The van der Waals surface area contributed by atoms with Crippen molar-refractivity contribution in [2.24, 2.45) is 0 Å². The zero-order valence-corrected chi connectivity index (χ0v) is 14.5. The van der Waals surface area contributed by atoms with Crippen LogP contribution in [-0.4, -0.2) is 42.6 Å². The van der Waals surface area contributed by atoms with Gasteiger partial charge in [-0.05, 0) is 51.5 Å². The molecule has 1 aromatic carbocycles. The smallest absolute Gasteiger partial charge is 0.307 e. The second-order valence-electron chi connectivity index (χ2n) is 5.54. The number of benzene rings is 1. The summed E-state index contributed by atoms with van der Waals surface area (Å²) in [6.45, 7) is 9.03. The van der Waals surface area contributed by atoms with Gasteiger partial charge in [0.2, 0.25) is 0 Å². The quantitative estimate of drug-likeness (QED) is 0.655. The summed E-state index contributed by atoms with van der Waals surface area (Å²) in [7, 11) is 0. The average Bonchev–Trinajstić information content (AvgIpc) is 2.51. The third kappa shape index (κ3) is 6.72. The van der Waals surface area contributed by atoms with Crippen molar-refractivity contribution in [3.05, 3.63) is 29.8 Å². The molecule has 128 valence electrons. The lowest BCUT2D eigenvalue weighted by molar-refractivity contribution is -0.143. The third-order valence-electron chi connectivity index (χ3n) is 3.14. The van der Waals surface area contributed by atoms with Gasteiger partial charge in [-0.3, -0.25) is 9.59 Å². The maximum Gasteiger partial charge on any atom is 0.307 e. The topological polar surface area (TPSA) is 55.8 Å². The van der Waals surface area contributed by atoms with E-state index in [9.17, 15) is 9.59 Å². The lowest BCUT2D eigenvalue weighted by atomic mass is 10.1. The molecular formula is C18H27NO4. The van der Waals surface area contributed by atoms with Gasteiger partial charge < -0.3 is 14.4 Å². The minimum atomic E-state index is -0.276. The number of nitrogens with zero attached hydrogens (tertiary/aromatic N) is 1. The lowest BCUT2D eigenvalue weighted by Gasteiger charge is -2.22. The molecule has 0 aromatic heterocycles. The van der Waals surface area contributed by atoms with Gasteiger partial charge in [-0.1, -0.05) is 6.92 Å². The summed E-state index contributed by atoms with van der Waals surface area (Å²) in [6, 6.07) is 7.10. The van der Waals surface area contributed by atoms with Crippen LogP contribution in [0.25, 0.3) is 0 Å². The Balaban J connectivity index is 2.70. The minimum absolute atomic E-state index is 0.0766. The number of carbonyl (C=O) groups is 2. The van der Waals surface area contributed by atoms with Crippen molar-refractivity contribution >= 4 is 11.9 Å². The Bertz CT molecular complexity index is 496. The first-order chi connectivity index (χ1) is 11.0. The Morgan fingerprint density at radius 2 is 1.74 bits per heavy atom. The number of carbonyl (C=O) groups excluding carboxylic acids is 2. The molecule has 5 nitrogen and oxygen atoms in total. The molecule has 0 saturated heterocycles. The molecule has 1 aromatic rings. The number of ether oxygens (including phenoxy) is 2. The maximum absolute atomic E-state index is 12.6. The SMILES string of the molecule is CCCN(CCC(=O)OCC)C(=O)c1ccc(OC(C)C)cc1. The molecule has 0 heterocycles. The Kier molecular flexibility index (Phi) is 8.16. The lowest BCUT2D eigenvalue weighted by Crippen LogP contribution is -2.34. The Morgan fingerprint density at radius 1 is 1.09 bits per heavy atom. The number of rotatable bonds is 9. The van der Waals surface area contributed by atoms with Crippen LogP contribution in [0, 0.1) is 0 Å². The normalized spacial score (nSPS) is 10.5. The van der Waals surface area contributed by atoms with E-state index in [4.69, 9.17) is 9.47 Å². The van der Waals surface area contributed by atoms with E-state index < -0.39 is 0 Å². The molecule has 0 radical (unpaired) electrons. The Labute approximate surface area is 138 Å². The molecule has 0 bridgehead atoms. The van der Waals surface area contributed by atoms with E-state index in [1.165, 1.54) is 0 Å². The number of hydrogen-bond donors (Lipinski definition) is 0. The highest BCUT2D eigenvalue weighted by Gasteiger charge is 2.16. The molecule has 0 N–H and O–H groups in total. The van der Waals surface area contributed by atoms with Crippen molar-refractivity contribution in [1.29, 1.82) is 0 Å². The molecule has 0 saturated carbocycles. The van der Waals surface area contributed by atoms with Crippen LogP contribution in [0.15, 0.2) is 24.3 Å². The van der Waals surface area contributed by atoms with E-state index in [0.29, 0.717) is 25.3 Å². The number of amides is 1. The average molecular weight is 321 g/mol. The zero-order chi connectivity index (χ0) is 17.2. The molecule has 1 amide bonds. The largest absolute Gasteiger partial charge is 0.491 e. The highest BCUT2D eigenvalue weighted by Crippen LogP contribution is 2.15. The predicted molar refractivity (Wildman–Crippen MR) is 89.7 cm³/mol. The summed E-state index contributed by atoms with van der Waals surface area (Å²) in [5, 5.41) is 0. The first-order valence-electron chi connectivity index (χ1n) is 8.19. The Morgan fingerprint density at radius 3 is 2.26 bits per heavy atom. The summed E-state index contributed by atoms with van der Waals surface area (Å²) < 4.78 is 10.5. The molecule has 0 spiro atoms. The van der Waals surface area contributed by atoms with Crippen LogP contribution in [0.3, 0.4) is 0 Å². The van der Waals surface area contributed by atoms with Gasteiger partial charge in [-0.25, -0.2) is 0 Å². The van der Waals surface area contributed by atoms with Crippen molar-refractivity contribution < 1.29 is 19.1 Å². The van der Waals surface area contributed by atoms with Crippen molar-refractivity contribution in [3.8, 4) is 5.75 Å². The van der Waals surface area contributed by atoms with E-state index in [2.05, 4.69) is 0 Å². The molecule has 1 rings (SSSR count). The standard InChI is InChI=1S/C18H27NO4/c1-5-12-19(13-11-17(20)22-6-2)18(21)15-7-9-16(10-8-15)23-14(3)4/h7-10,14H,5-6,11-13H2,1-4H3. The van der Waals surface area contributed by atoms with Gasteiger partial charge in [0.25, 0.3) is 5.91 Å². The van der Waals surface area contributed by atoms with Crippen LogP contribution in [0.5, 0.6) is 5.75 Å². The molecule has 0 atom stereocenters. The summed E-state index contributed by atoms with van der Waals surface area (Å²) in [5.74, 6) is 0.388. The third-order valence-corrected chi connectivity index (χ3v) is 3.14. The van der Waals surface area contributed by atoms with Crippen LogP contribution < -0.4 is 4.74 Å². The zero-order valence-electron chi connectivity index (χ0n) is 14.5. The van der Waals surface area contributed by atoms with Crippen LogP contribution in [-0.2, 0) is 9.53 Å². The summed E-state index contributed by atoms with van der Waals surface area (Å²) in [6.07, 6.45) is 1.15. The summed E-state index contributed by atoms with van der Waals surface area (Å²) >= 11 is 0. The van der Waals surface area contributed by atoms with Crippen molar-refractivity contribution in [2.45, 2.75) is 46.6 Å². The van der Waals surface area contributed by atoms with Crippen molar-refractivity contribution in [2.75, 3.05) is 19.7 Å². The number of esters is 1. The first kappa shape index (κ1) is 19.0. The summed E-state index contributed by atoms with van der Waals surface area (Å²) in [4.78, 5) is 25.7. The fourth-order valence-electron chi connectivity index (χ4n) is 2.18. The van der Waals surface area contributed by atoms with Gasteiger partial charge in [0.15, 0.2) is 0 Å². The fraction of sp³-hybridized carbons (Fsp3) is 0.556. The van der Waals surface area contributed by atoms with Crippen LogP contribution >= 0.6 is 0 Å². The predicted octanol–water partition coefficient (Wildman–Crippen LogP) is 3.28. The molecule has 0 aliphatic carbocycles. The first-order valence-corrected chi connectivity index (χ1v) is 8.19. The van der Waals surface area contributed by atoms with Gasteiger partial charge in [-0.2, -0.15) is 0 Å². The second kappa shape index (κ2) is 9.87. The molecule has 0 aliphatic rings. The summed E-state index contributed by atoms with van der Waals surface area (Å²) in [5.41, 5.74) is 0.596. The van der Waals surface area contributed by atoms with Gasteiger partial charge in [-0.15, -0.1) is 0 Å². The molecule has 0 aliphatic heterocycles. The molecule has 5 heteroatoms. The molecule has 23 heavy (non-hydrogen) atoms. The van der Waals surface area contributed by atoms with Gasteiger partial charge in [0.1, 0.15) is 5.75 Å². The Hall–Kier alpha value is -2.04. The molecule has 0 fully saturated rings. The van der Waals surface area contributed by atoms with Crippen LogP contribution in [0.4, 0.5) is 0 Å². The van der Waals surface area contributed by atoms with Crippen LogP contribution in [0.1, 0.15) is 50.9 Å². The van der Waals surface area contributed by atoms with Gasteiger partial charge in [0, 0.05) is 18.7 Å². The van der Waals surface area contributed by atoms with E-state index in [1.54, 1.807) is 36.1 Å². The van der Waals surface area contributed by atoms with Crippen LogP contribution in [0.2, 0.25) is 0 Å². The van der Waals surface area contributed by atoms with E-state index in [-0.39, 0.29) is 24.4 Å². The van der Waals surface area contributed by atoms with Crippen molar-refractivity contribution in [3.63, 3.8) is 0 Å². The van der Waals surface area contributed by atoms with Gasteiger partial charge >= 0.3 is 5.97 Å². The van der Waals surface area contributed by atoms with Crippen molar-refractivity contribution in [1.82, 2.24) is 4.90 Å².